The first kappa shape index (κ1) is 16.2. The van der Waals surface area contributed by atoms with Crippen molar-refractivity contribution in [2.75, 3.05) is 13.1 Å². The number of thiazole rings is 1. The van der Waals surface area contributed by atoms with Crippen LogP contribution in [0.5, 0.6) is 0 Å². The van der Waals surface area contributed by atoms with Gasteiger partial charge in [-0.05, 0) is 40.5 Å². The lowest BCUT2D eigenvalue weighted by Gasteiger charge is -2.34. The number of aromatic nitrogens is 1. The molecule has 0 radical (unpaired) electrons. The summed E-state index contributed by atoms with van der Waals surface area (Å²) in [6.45, 7) is 8.98. The van der Waals surface area contributed by atoms with Crippen molar-refractivity contribution in [1.82, 2.24) is 9.88 Å². The van der Waals surface area contributed by atoms with Gasteiger partial charge in [-0.2, -0.15) is 0 Å². The van der Waals surface area contributed by atoms with Crippen LogP contribution in [0, 0.1) is 0 Å². The Morgan fingerprint density at radius 2 is 2.29 bits per heavy atom. The van der Waals surface area contributed by atoms with Crippen molar-refractivity contribution in [3.05, 3.63) is 16.6 Å². The van der Waals surface area contributed by atoms with Crippen molar-refractivity contribution in [2.24, 2.45) is 0 Å². The van der Waals surface area contributed by atoms with E-state index < -0.39 is 5.60 Å². The van der Waals surface area contributed by atoms with E-state index in [1.54, 1.807) is 22.4 Å². The molecule has 1 saturated heterocycles. The lowest BCUT2D eigenvalue weighted by molar-refractivity contribution is -0.0485. The first-order chi connectivity index (χ1) is 9.85. The zero-order chi connectivity index (χ0) is 15.5. The average Bonchev–Trinajstić information content (AvgIpc) is 2.91. The molecule has 5 nitrogen and oxygen atoms in total. The third-order valence-corrected chi connectivity index (χ3v) is 4.16. The van der Waals surface area contributed by atoms with E-state index in [1.165, 1.54) is 0 Å². The van der Waals surface area contributed by atoms with Crippen molar-refractivity contribution in [3.8, 4) is 0 Å². The van der Waals surface area contributed by atoms with Crippen LogP contribution in [0.3, 0.4) is 0 Å². The molecule has 2 heterocycles. The fourth-order valence-corrected chi connectivity index (χ4v) is 2.95. The molecule has 0 bridgehead atoms. The van der Waals surface area contributed by atoms with Crippen molar-refractivity contribution < 1.29 is 14.3 Å². The average molecular weight is 312 g/mol. The third-order valence-electron chi connectivity index (χ3n) is 3.23. The van der Waals surface area contributed by atoms with Crippen LogP contribution in [-0.2, 0) is 9.47 Å². The number of carbonyl (C=O) groups is 1. The highest BCUT2D eigenvalue weighted by Crippen LogP contribution is 2.25. The Morgan fingerprint density at radius 3 is 2.90 bits per heavy atom. The second kappa shape index (κ2) is 6.75. The monoisotopic (exact) mass is 312 g/mol. The predicted octanol–water partition coefficient (Wildman–Crippen LogP) is 3.62. The van der Waals surface area contributed by atoms with Crippen LogP contribution in [0.25, 0.3) is 0 Å². The second-order valence-electron chi connectivity index (χ2n) is 6.34. The Hall–Kier alpha value is -1.14. The molecule has 1 fully saturated rings. The molecule has 1 aromatic rings. The standard InChI is InChI=1S/C15H24N2O3S/c1-11(13-16-7-9-21-13)19-12-6-5-8-17(10-12)14(18)20-15(2,3)4/h7,9,11-12H,5-6,8,10H2,1-4H3/t11-,12+/m1/s1. The van der Waals surface area contributed by atoms with E-state index in [4.69, 9.17) is 9.47 Å². The van der Waals surface area contributed by atoms with E-state index in [0.29, 0.717) is 6.54 Å². The quantitative estimate of drug-likeness (QED) is 0.855. The Bertz CT molecular complexity index is 456. The van der Waals surface area contributed by atoms with Crippen molar-refractivity contribution in [2.45, 2.75) is 58.3 Å². The maximum atomic E-state index is 12.1. The first-order valence-electron chi connectivity index (χ1n) is 7.38. The fraction of sp³-hybridized carbons (Fsp3) is 0.733. The molecule has 0 unspecified atom stereocenters. The summed E-state index contributed by atoms with van der Waals surface area (Å²) in [7, 11) is 0. The number of hydrogen-bond acceptors (Lipinski definition) is 5. The van der Waals surface area contributed by atoms with Gasteiger partial charge < -0.3 is 14.4 Å². The Kier molecular flexibility index (Phi) is 5.22. The Balaban J connectivity index is 1.87. The number of ether oxygens (including phenoxy) is 2. The van der Waals surface area contributed by atoms with Gasteiger partial charge in [-0.15, -0.1) is 11.3 Å². The SMILES string of the molecule is C[C@@H](O[C@H]1CCCN(C(=O)OC(C)(C)C)C1)c1nccs1. The van der Waals surface area contributed by atoms with Gasteiger partial charge in [0, 0.05) is 18.1 Å². The van der Waals surface area contributed by atoms with Crippen LogP contribution < -0.4 is 0 Å². The molecule has 21 heavy (non-hydrogen) atoms. The Morgan fingerprint density at radius 1 is 1.52 bits per heavy atom. The highest BCUT2D eigenvalue weighted by molar-refractivity contribution is 7.09. The molecule has 0 aliphatic carbocycles. The van der Waals surface area contributed by atoms with Gasteiger partial charge in [0.25, 0.3) is 0 Å². The summed E-state index contributed by atoms with van der Waals surface area (Å²) in [4.78, 5) is 18.1. The molecule has 2 atom stereocenters. The number of piperidine rings is 1. The number of hydrogen-bond donors (Lipinski definition) is 0. The van der Waals surface area contributed by atoms with Crippen LogP contribution in [0.15, 0.2) is 11.6 Å². The summed E-state index contributed by atoms with van der Waals surface area (Å²) in [5.41, 5.74) is -0.459. The van der Waals surface area contributed by atoms with Gasteiger partial charge in [0.1, 0.15) is 16.7 Å². The number of nitrogens with zero attached hydrogens (tertiary/aromatic N) is 2. The minimum Gasteiger partial charge on any atom is -0.444 e. The number of likely N-dealkylation sites (tertiary alicyclic amines) is 1. The number of rotatable bonds is 3. The van der Waals surface area contributed by atoms with E-state index in [0.717, 1.165) is 24.4 Å². The summed E-state index contributed by atoms with van der Waals surface area (Å²) >= 11 is 1.59. The number of carbonyl (C=O) groups excluding carboxylic acids is 1. The van der Waals surface area contributed by atoms with E-state index >= 15 is 0 Å². The third kappa shape index (κ3) is 4.97. The van der Waals surface area contributed by atoms with Crippen LogP contribution in [-0.4, -0.2) is 40.8 Å². The van der Waals surface area contributed by atoms with Crippen LogP contribution in [0.2, 0.25) is 0 Å². The lowest BCUT2D eigenvalue weighted by atomic mass is 10.1. The lowest BCUT2D eigenvalue weighted by Crippen LogP contribution is -2.45. The molecule has 1 amide bonds. The molecule has 0 spiro atoms. The van der Waals surface area contributed by atoms with Gasteiger partial charge in [0.2, 0.25) is 0 Å². The molecule has 0 aromatic carbocycles. The molecule has 118 valence electrons. The molecule has 1 aliphatic rings. The minimum absolute atomic E-state index is 0.0337. The normalized spacial score (nSPS) is 21.1. The molecule has 1 aromatic heterocycles. The number of amides is 1. The molecular weight excluding hydrogens is 288 g/mol. The van der Waals surface area contributed by atoms with Gasteiger partial charge >= 0.3 is 6.09 Å². The maximum absolute atomic E-state index is 12.1. The van der Waals surface area contributed by atoms with Gasteiger partial charge in [-0.3, -0.25) is 0 Å². The fourth-order valence-electron chi connectivity index (χ4n) is 2.32. The van der Waals surface area contributed by atoms with Gasteiger partial charge in [0.15, 0.2) is 0 Å². The molecule has 1 aliphatic heterocycles. The highest BCUT2D eigenvalue weighted by Gasteiger charge is 2.29. The van der Waals surface area contributed by atoms with Crippen molar-refractivity contribution in [1.29, 1.82) is 0 Å². The zero-order valence-corrected chi connectivity index (χ0v) is 14.0. The summed E-state index contributed by atoms with van der Waals surface area (Å²) in [6.07, 6.45) is 3.45. The zero-order valence-electron chi connectivity index (χ0n) is 13.2. The topological polar surface area (TPSA) is 51.7 Å². The molecule has 0 saturated carbocycles. The second-order valence-corrected chi connectivity index (χ2v) is 7.27. The first-order valence-corrected chi connectivity index (χ1v) is 8.26. The Labute approximate surface area is 130 Å². The molecule has 0 N–H and O–H groups in total. The summed E-state index contributed by atoms with van der Waals surface area (Å²) in [6, 6.07) is 0. The predicted molar refractivity (Wildman–Crippen MR) is 82.4 cm³/mol. The van der Waals surface area contributed by atoms with Crippen LogP contribution >= 0.6 is 11.3 Å². The largest absolute Gasteiger partial charge is 0.444 e. The van der Waals surface area contributed by atoms with E-state index in [9.17, 15) is 4.79 Å². The van der Waals surface area contributed by atoms with Crippen molar-refractivity contribution >= 4 is 17.4 Å². The smallest absolute Gasteiger partial charge is 0.410 e. The summed E-state index contributed by atoms with van der Waals surface area (Å²) in [5, 5.41) is 2.92. The highest BCUT2D eigenvalue weighted by atomic mass is 32.1. The van der Waals surface area contributed by atoms with Crippen LogP contribution in [0.4, 0.5) is 4.79 Å². The van der Waals surface area contributed by atoms with E-state index in [1.807, 2.05) is 33.1 Å². The maximum Gasteiger partial charge on any atom is 0.410 e. The summed E-state index contributed by atoms with van der Waals surface area (Å²) in [5.74, 6) is 0. The molecule has 2 rings (SSSR count). The van der Waals surface area contributed by atoms with Crippen LogP contribution in [0.1, 0.15) is 51.6 Å². The summed E-state index contributed by atoms with van der Waals surface area (Å²) < 4.78 is 11.5. The van der Waals surface area contributed by atoms with Gasteiger partial charge in [0.05, 0.1) is 12.6 Å². The molecule has 6 heteroatoms. The van der Waals surface area contributed by atoms with Gasteiger partial charge in [-0.1, -0.05) is 0 Å². The van der Waals surface area contributed by atoms with E-state index in [2.05, 4.69) is 4.98 Å². The van der Waals surface area contributed by atoms with Gasteiger partial charge in [-0.25, -0.2) is 9.78 Å². The minimum atomic E-state index is -0.459. The van der Waals surface area contributed by atoms with E-state index in [-0.39, 0.29) is 18.3 Å². The van der Waals surface area contributed by atoms with Crippen molar-refractivity contribution in [3.63, 3.8) is 0 Å². The molecular formula is C15H24N2O3S.